The minimum Gasteiger partial charge on any atom is -0.481 e. The molecule has 0 saturated carbocycles. The molecule has 0 aliphatic rings. The number of esters is 1. The summed E-state index contributed by atoms with van der Waals surface area (Å²) in [6.07, 6.45) is 47.8. The summed E-state index contributed by atoms with van der Waals surface area (Å²) in [6.45, 7) is 4.52. The van der Waals surface area contributed by atoms with Gasteiger partial charge in [0, 0.05) is 12.8 Å². The Morgan fingerprint density at radius 2 is 0.848 bits per heavy atom. The SMILES string of the molecule is CCCCC/C=C\C/C=C\CCCCCCCC(=O)OC(CCCCCCCCC)CCCCCCCCCCCCCC(=O)O. The Bertz CT molecular complexity index is 698. The summed E-state index contributed by atoms with van der Waals surface area (Å²) in [7, 11) is 0. The van der Waals surface area contributed by atoms with Crippen LogP contribution in [-0.4, -0.2) is 23.1 Å². The third kappa shape index (κ3) is 36.9. The van der Waals surface area contributed by atoms with E-state index in [1.807, 2.05) is 0 Å². The molecule has 0 saturated heterocycles. The number of carbonyl (C=O) groups excluding carboxylic acids is 1. The number of allylic oxidation sites excluding steroid dienone is 4. The molecule has 0 aliphatic heterocycles. The molecule has 0 fully saturated rings. The van der Waals surface area contributed by atoms with E-state index in [1.165, 1.54) is 154 Å². The van der Waals surface area contributed by atoms with Crippen molar-refractivity contribution in [3.05, 3.63) is 24.3 Å². The molecule has 1 unspecified atom stereocenters. The Morgan fingerprint density at radius 3 is 1.33 bits per heavy atom. The lowest BCUT2D eigenvalue weighted by Crippen LogP contribution is -2.18. The van der Waals surface area contributed by atoms with Gasteiger partial charge in [-0.05, 0) is 70.6 Å². The molecule has 4 heteroatoms. The van der Waals surface area contributed by atoms with Crippen LogP contribution >= 0.6 is 0 Å². The van der Waals surface area contributed by atoms with Gasteiger partial charge in [0.05, 0.1) is 0 Å². The number of rotatable bonds is 37. The van der Waals surface area contributed by atoms with E-state index in [-0.39, 0.29) is 12.1 Å². The van der Waals surface area contributed by atoms with Crippen molar-refractivity contribution in [2.75, 3.05) is 0 Å². The highest BCUT2D eigenvalue weighted by atomic mass is 16.5. The molecule has 0 aliphatic carbocycles. The maximum absolute atomic E-state index is 12.7. The number of carboxylic acid groups (broad SMARTS) is 1. The maximum atomic E-state index is 12.7. The average molecular weight is 647 g/mol. The zero-order valence-corrected chi connectivity index (χ0v) is 30.9. The van der Waals surface area contributed by atoms with Crippen molar-refractivity contribution in [1.29, 1.82) is 0 Å². The molecule has 0 amide bonds. The second kappa shape index (κ2) is 37.9. The summed E-state index contributed by atoms with van der Waals surface area (Å²) in [5, 5.41) is 8.71. The number of ether oxygens (including phenoxy) is 1. The predicted molar refractivity (Wildman–Crippen MR) is 200 cm³/mol. The highest BCUT2D eigenvalue weighted by Gasteiger charge is 2.14. The zero-order valence-electron chi connectivity index (χ0n) is 30.9. The number of aliphatic carboxylic acids is 1. The van der Waals surface area contributed by atoms with Crippen molar-refractivity contribution >= 4 is 11.9 Å². The molecular formula is C42H78O4. The van der Waals surface area contributed by atoms with Gasteiger partial charge in [0.2, 0.25) is 0 Å². The van der Waals surface area contributed by atoms with Crippen LogP contribution in [0.25, 0.3) is 0 Å². The van der Waals surface area contributed by atoms with Crippen LogP contribution in [0.5, 0.6) is 0 Å². The van der Waals surface area contributed by atoms with Crippen LogP contribution < -0.4 is 0 Å². The van der Waals surface area contributed by atoms with Crippen LogP contribution in [0.4, 0.5) is 0 Å². The quantitative estimate of drug-likeness (QED) is 0.0414. The van der Waals surface area contributed by atoms with Crippen molar-refractivity contribution in [3.8, 4) is 0 Å². The van der Waals surface area contributed by atoms with Gasteiger partial charge in [0.1, 0.15) is 6.10 Å². The van der Waals surface area contributed by atoms with Gasteiger partial charge in [0.15, 0.2) is 0 Å². The Hall–Kier alpha value is -1.58. The summed E-state index contributed by atoms with van der Waals surface area (Å²) < 4.78 is 6.04. The molecule has 4 nitrogen and oxygen atoms in total. The Morgan fingerprint density at radius 1 is 0.478 bits per heavy atom. The molecule has 0 radical (unpaired) electrons. The normalized spacial score (nSPS) is 12.4. The molecule has 0 aromatic heterocycles. The minimum absolute atomic E-state index is 0.0292. The molecule has 0 aromatic rings. The molecule has 0 aromatic carbocycles. The van der Waals surface area contributed by atoms with Crippen LogP contribution in [0.2, 0.25) is 0 Å². The fourth-order valence-electron chi connectivity index (χ4n) is 6.16. The summed E-state index contributed by atoms with van der Waals surface area (Å²) in [4.78, 5) is 23.2. The lowest BCUT2D eigenvalue weighted by Gasteiger charge is -2.18. The number of carbonyl (C=O) groups is 2. The minimum atomic E-state index is -0.672. The first-order valence-electron chi connectivity index (χ1n) is 20.3. The topological polar surface area (TPSA) is 63.6 Å². The van der Waals surface area contributed by atoms with Gasteiger partial charge in [0.25, 0.3) is 0 Å². The Kier molecular flexibility index (Phi) is 36.6. The van der Waals surface area contributed by atoms with E-state index < -0.39 is 5.97 Å². The molecule has 1 atom stereocenters. The van der Waals surface area contributed by atoms with Gasteiger partial charge in [-0.2, -0.15) is 0 Å². The van der Waals surface area contributed by atoms with Gasteiger partial charge in [-0.25, -0.2) is 0 Å². The van der Waals surface area contributed by atoms with Gasteiger partial charge >= 0.3 is 11.9 Å². The molecule has 1 N–H and O–H groups in total. The largest absolute Gasteiger partial charge is 0.481 e. The summed E-state index contributed by atoms with van der Waals surface area (Å²) in [6, 6.07) is 0. The third-order valence-corrected chi connectivity index (χ3v) is 9.18. The Balaban J connectivity index is 4.00. The first-order chi connectivity index (χ1) is 22.6. The summed E-state index contributed by atoms with van der Waals surface area (Å²) in [5.74, 6) is -0.642. The van der Waals surface area contributed by atoms with E-state index in [9.17, 15) is 9.59 Å². The van der Waals surface area contributed by atoms with Gasteiger partial charge in [-0.1, -0.05) is 167 Å². The van der Waals surface area contributed by atoms with E-state index in [0.717, 1.165) is 44.9 Å². The first kappa shape index (κ1) is 44.4. The van der Waals surface area contributed by atoms with Crippen molar-refractivity contribution in [1.82, 2.24) is 0 Å². The van der Waals surface area contributed by atoms with E-state index >= 15 is 0 Å². The summed E-state index contributed by atoms with van der Waals surface area (Å²) in [5.41, 5.74) is 0. The third-order valence-electron chi connectivity index (χ3n) is 9.18. The fraction of sp³-hybridized carbons (Fsp3) is 0.857. The second-order valence-electron chi connectivity index (χ2n) is 13.8. The van der Waals surface area contributed by atoms with Gasteiger partial charge < -0.3 is 9.84 Å². The van der Waals surface area contributed by atoms with E-state index in [1.54, 1.807) is 0 Å². The van der Waals surface area contributed by atoms with Crippen molar-refractivity contribution in [2.24, 2.45) is 0 Å². The number of carboxylic acids is 1. The van der Waals surface area contributed by atoms with E-state index in [0.29, 0.717) is 12.8 Å². The molecule has 0 bridgehead atoms. The van der Waals surface area contributed by atoms with Crippen molar-refractivity contribution in [3.63, 3.8) is 0 Å². The molecule has 0 heterocycles. The molecular weight excluding hydrogens is 568 g/mol. The molecule has 46 heavy (non-hydrogen) atoms. The number of unbranched alkanes of at least 4 members (excludes halogenated alkanes) is 24. The molecule has 0 rings (SSSR count). The molecule has 0 spiro atoms. The van der Waals surface area contributed by atoms with Crippen LogP contribution in [0.3, 0.4) is 0 Å². The lowest BCUT2D eigenvalue weighted by molar-refractivity contribution is -0.150. The highest BCUT2D eigenvalue weighted by Crippen LogP contribution is 2.19. The first-order valence-corrected chi connectivity index (χ1v) is 20.3. The van der Waals surface area contributed by atoms with Crippen LogP contribution in [0, 0.1) is 0 Å². The monoisotopic (exact) mass is 647 g/mol. The highest BCUT2D eigenvalue weighted by molar-refractivity contribution is 5.69. The second-order valence-corrected chi connectivity index (χ2v) is 13.8. The lowest BCUT2D eigenvalue weighted by atomic mass is 10.0. The smallest absolute Gasteiger partial charge is 0.306 e. The van der Waals surface area contributed by atoms with Crippen LogP contribution in [-0.2, 0) is 14.3 Å². The number of hydrogen-bond donors (Lipinski definition) is 1. The van der Waals surface area contributed by atoms with Crippen molar-refractivity contribution in [2.45, 2.75) is 232 Å². The number of hydrogen-bond acceptors (Lipinski definition) is 3. The predicted octanol–water partition coefficient (Wildman–Crippen LogP) is 14.0. The fourth-order valence-corrected chi connectivity index (χ4v) is 6.16. The molecule has 270 valence electrons. The van der Waals surface area contributed by atoms with Crippen molar-refractivity contribution < 1.29 is 19.4 Å². The van der Waals surface area contributed by atoms with E-state index in [2.05, 4.69) is 38.2 Å². The zero-order chi connectivity index (χ0) is 33.6. The van der Waals surface area contributed by atoms with E-state index in [4.69, 9.17) is 9.84 Å². The van der Waals surface area contributed by atoms with Gasteiger partial charge in [-0.15, -0.1) is 0 Å². The average Bonchev–Trinajstić information content (AvgIpc) is 3.04. The Labute approximate surface area is 287 Å². The summed E-state index contributed by atoms with van der Waals surface area (Å²) >= 11 is 0. The van der Waals surface area contributed by atoms with Crippen LogP contribution in [0.1, 0.15) is 226 Å². The standard InChI is InChI=1S/C42H78O4/c1-3-5-7-9-11-12-13-14-15-16-20-23-27-31-35-39-42(45)46-40(36-32-28-24-10-8-6-4-2)37-33-29-25-21-18-17-19-22-26-30-34-38-41(43)44/h11-12,14-15,40H,3-10,13,16-39H2,1-2H3,(H,43,44)/b12-11-,15-14-. The maximum Gasteiger partial charge on any atom is 0.306 e. The van der Waals surface area contributed by atoms with Gasteiger partial charge in [-0.3, -0.25) is 9.59 Å². The van der Waals surface area contributed by atoms with Crippen LogP contribution in [0.15, 0.2) is 24.3 Å².